The lowest BCUT2D eigenvalue weighted by Gasteiger charge is -2.30. The summed E-state index contributed by atoms with van der Waals surface area (Å²) in [5.41, 5.74) is 2.44. The Balaban J connectivity index is 1.83. The maximum absolute atomic E-state index is 13.6. The molecule has 0 saturated carbocycles. The van der Waals surface area contributed by atoms with Gasteiger partial charge in [-0.15, -0.1) is 0 Å². The van der Waals surface area contributed by atoms with Crippen molar-refractivity contribution in [3.8, 4) is 5.69 Å². The predicted octanol–water partition coefficient (Wildman–Crippen LogP) is 5.84. The minimum Gasteiger partial charge on any atom is -0.315 e. The van der Waals surface area contributed by atoms with E-state index in [4.69, 9.17) is 4.98 Å². The number of carbonyl (C=O) groups excluding carboxylic acids is 1. The lowest BCUT2D eigenvalue weighted by Crippen LogP contribution is -2.40. The summed E-state index contributed by atoms with van der Waals surface area (Å²) in [6, 6.07) is 19.5. The molecule has 1 aromatic heterocycles. The van der Waals surface area contributed by atoms with Crippen LogP contribution < -0.4 is 10.9 Å². The number of aryl methyl sites for hydroxylation is 1. The van der Waals surface area contributed by atoms with Crippen molar-refractivity contribution in [1.82, 2.24) is 14.5 Å². The van der Waals surface area contributed by atoms with E-state index in [1.807, 2.05) is 51.1 Å². The summed E-state index contributed by atoms with van der Waals surface area (Å²) in [6.07, 6.45) is 0.722. The quantitative estimate of drug-likeness (QED) is 0.395. The molecule has 0 fully saturated rings. The third kappa shape index (κ3) is 4.55. The predicted molar refractivity (Wildman–Crippen MR) is 133 cm³/mol. The summed E-state index contributed by atoms with van der Waals surface area (Å²) in [7, 11) is 0. The number of fused-ring (bicyclic) bond motifs is 1. The number of hydrogen-bond acceptors (Lipinski definition) is 3. The van der Waals surface area contributed by atoms with E-state index in [9.17, 15) is 14.0 Å². The van der Waals surface area contributed by atoms with Gasteiger partial charge in [0.25, 0.3) is 5.56 Å². The van der Waals surface area contributed by atoms with Gasteiger partial charge in [0.15, 0.2) is 0 Å². The van der Waals surface area contributed by atoms with E-state index in [2.05, 4.69) is 5.32 Å². The van der Waals surface area contributed by atoms with Crippen LogP contribution in [0.25, 0.3) is 16.6 Å². The number of anilines is 1. The molecule has 0 radical (unpaired) electrons. The van der Waals surface area contributed by atoms with Crippen molar-refractivity contribution in [3.63, 3.8) is 0 Å². The SMILES string of the molecule is CCCN(C(=O)Nc1ccccc1C)C(C)c1nc2ccccc2c(=O)n1-c1ccc(F)cc1. The third-order valence-corrected chi connectivity index (χ3v) is 5.84. The van der Waals surface area contributed by atoms with E-state index in [-0.39, 0.29) is 11.6 Å². The Hall–Kier alpha value is -4.00. The van der Waals surface area contributed by atoms with E-state index in [1.54, 1.807) is 35.2 Å². The van der Waals surface area contributed by atoms with Crippen LogP contribution in [0.5, 0.6) is 0 Å². The van der Waals surface area contributed by atoms with Crippen LogP contribution in [0.2, 0.25) is 0 Å². The smallest absolute Gasteiger partial charge is 0.315 e. The highest BCUT2D eigenvalue weighted by atomic mass is 19.1. The lowest BCUT2D eigenvalue weighted by atomic mass is 10.1. The molecule has 2 amide bonds. The number of carbonyl (C=O) groups is 1. The first-order chi connectivity index (χ1) is 16.4. The number of halogens is 1. The van der Waals surface area contributed by atoms with Gasteiger partial charge in [-0.05, 0) is 68.3 Å². The van der Waals surface area contributed by atoms with Crippen molar-refractivity contribution in [2.24, 2.45) is 0 Å². The topological polar surface area (TPSA) is 67.2 Å². The molecule has 1 N–H and O–H groups in total. The fourth-order valence-corrected chi connectivity index (χ4v) is 4.02. The molecule has 174 valence electrons. The number of urea groups is 1. The van der Waals surface area contributed by atoms with E-state index >= 15 is 0 Å². The highest BCUT2D eigenvalue weighted by molar-refractivity contribution is 5.90. The molecule has 6 nitrogen and oxygen atoms in total. The fourth-order valence-electron chi connectivity index (χ4n) is 4.02. The molecular weight excluding hydrogens is 431 g/mol. The molecule has 0 aliphatic heterocycles. The summed E-state index contributed by atoms with van der Waals surface area (Å²) in [5.74, 6) is 0.00839. The first kappa shape index (κ1) is 23.2. The van der Waals surface area contributed by atoms with Crippen molar-refractivity contribution < 1.29 is 9.18 Å². The third-order valence-electron chi connectivity index (χ3n) is 5.84. The van der Waals surface area contributed by atoms with Gasteiger partial charge in [-0.2, -0.15) is 0 Å². The maximum atomic E-state index is 13.6. The standard InChI is InChI=1S/C27H27FN4O2/c1-4-17-31(27(34)30-23-11-7-5-9-18(23)2)19(3)25-29-24-12-8-6-10-22(24)26(33)32(25)21-15-13-20(28)14-16-21/h5-16,19H,4,17H2,1-3H3,(H,30,34). The molecule has 4 rings (SSSR count). The molecule has 0 aliphatic carbocycles. The largest absolute Gasteiger partial charge is 0.322 e. The number of hydrogen-bond donors (Lipinski definition) is 1. The Morgan fingerprint density at radius 3 is 2.44 bits per heavy atom. The maximum Gasteiger partial charge on any atom is 0.322 e. The molecular formula is C27H27FN4O2. The molecule has 0 spiro atoms. The molecule has 1 unspecified atom stereocenters. The molecule has 0 bridgehead atoms. The van der Waals surface area contributed by atoms with Crippen LogP contribution in [0, 0.1) is 12.7 Å². The number of amides is 2. The zero-order valence-corrected chi connectivity index (χ0v) is 19.5. The summed E-state index contributed by atoms with van der Waals surface area (Å²) < 4.78 is 15.1. The second-order valence-electron chi connectivity index (χ2n) is 8.22. The molecule has 34 heavy (non-hydrogen) atoms. The Morgan fingerprint density at radius 2 is 1.74 bits per heavy atom. The molecule has 4 aromatic rings. The van der Waals surface area contributed by atoms with Crippen LogP contribution in [0.1, 0.15) is 37.7 Å². The number of para-hydroxylation sites is 2. The van der Waals surface area contributed by atoms with Crippen molar-refractivity contribution in [1.29, 1.82) is 0 Å². The normalized spacial score (nSPS) is 11.9. The van der Waals surface area contributed by atoms with E-state index in [0.717, 1.165) is 17.7 Å². The highest BCUT2D eigenvalue weighted by Crippen LogP contribution is 2.25. The molecule has 0 aliphatic rings. The van der Waals surface area contributed by atoms with Crippen LogP contribution in [-0.4, -0.2) is 27.0 Å². The Kier molecular flexibility index (Phi) is 6.72. The minimum atomic E-state index is -0.536. The van der Waals surface area contributed by atoms with Gasteiger partial charge in [-0.25, -0.2) is 14.2 Å². The second kappa shape index (κ2) is 9.87. The lowest BCUT2D eigenvalue weighted by molar-refractivity contribution is 0.189. The summed E-state index contributed by atoms with van der Waals surface area (Å²) in [4.78, 5) is 33.4. The molecule has 1 heterocycles. The Bertz CT molecular complexity index is 1380. The van der Waals surface area contributed by atoms with Gasteiger partial charge < -0.3 is 10.2 Å². The van der Waals surface area contributed by atoms with Gasteiger partial charge in [0.1, 0.15) is 11.6 Å². The fraction of sp³-hybridized carbons (Fsp3) is 0.222. The van der Waals surface area contributed by atoms with Gasteiger partial charge in [0.2, 0.25) is 0 Å². The zero-order chi connectivity index (χ0) is 24.2. The van der Waals surface area contributed by atoms with Crippen LogP contribution in [0.15, 0.2) is 77.6 Å². The van der Waals surface area contributed by atoms with Crippen molar-refractivity contribution in [2.45, 2.75) is 33.2 Å². The number of benzene rings is 3. The van der Waals surface area contributed by atoms with Crippen LogP contribution in [0.3, 0.4) is 0 Å². The first-order valence-electron chi connectivity index (χ1n) is 11.3. The number of nitrogens with zero attached hydrogens (tertiary/aromatic N) is 3. The van der Waals surface area contributed by atoms with Gasteiger partial charge >= 0.3 is 6.03 Å². The van der Waals surface area contributed by atoms with E-state index < -0.39 is 11.9 Å². The average molecular weight is 459 g/mol. The minimum absolute atomic E-state index is 0.269. The average Bonchev–Trinajstić information content (AvgIpc) is 2.84. The van der Waals surface area contributed by atoms with Gasteiger partial charge in [0.05, 0.1) is 22.6 Å². The molecule has 0 saturated heterocycles. The Labute approximate surface area is 197 Å². The van der Waals surface area contributed by atoms with Gasteiger partial charge in [0, 0.05) is 12.2 Å². The summed E-state index contributed by atoms with van der Waals surface area (Å²) >= 11 is 0. The van der Waals surface area contributed by atoms with E-state index in [1.165, 1.54) is 16.7 Å². The highest BCUT2D eigenvalue weighted by Gasteiger charge is 2.26. The van der Waals surface area contributed by atoms with Crippen LogP contribution in [-0.2, 0) is 0 Å². The summed E-state index contributed by atoms with van der Waals surface area (Å²) in [6.45, 7) is 6.23. The second-order valence-corrected chi connectivity index (χ2v) is 8.22. The molecule has 3 aromatic carbocycles. The number of nitrogens with one attached hydrogen (secondary N) is 1. The van der Waals surface area contributed by atoms with Crippen LogP contribution >= 0.6 is 0 Å². The number of aromatic nitrogens is 2. The first-order valence-corrected chi connectivity index (χ1v) is 11.3. The number of rotatable bonds is 6. The molecule has 1 atom stereocenters. The van der Waals surface area contributed by atoms with Crippen molar-refractivity contribution >= 4 is 22.6 Å². The monoisotopic (exact) mass is 458 g/mol. The van der Waals surface area contributed by atoms with E-state index in [0.29, 0.717) is 29.0 Å². The van der Waals surface area contributed by atoms with Crippen molar-refractivity contribution in [3.05, 3.63) is 100 Å². The summed E-state index contributed by atoms with van der Waals surface area (Å²) in [5, 5.41) is 3.44. The van der Waals surface area contributed by atoms with Gasteiger partial charge in [-0.3, -0.25) is 9.36 Å². The van der Waals surface area contributed by atoms with Gasteiger partial charge in [-0.1, -0.05) is 37.3 Å². The molecule has 7 heteroatoms. The Morgan fingerprint density at radius 1 is 1.06 bits per heavy atom. The zero-order valence-electron chi connectivity index (χ0n) is 19.5. The van der Waals surface area contributed by atoms with Crippen LogP contribution in [0.4, 0.5) is 14.9 Å². The van der Waals surface area contributed by atoms with Crippen molar-refractivity contribution in [2.75, 3.05) is 11.9 Å².